The van der Waals surface area contributed by atoms with Crippen molar-refractivity contribution in [1.82, 2.24) is 0 Å². The summed E-state index contributed by atoms with van der Waals surface area (Å²) in [4.78, 5) is 25.3. The molecule has 0 aliphatic carbocycles. The second-order valence-electron chi connectivity index (χ2n) is 3.14. The van der Waals surface area contributed by atoms with Crippen molar-refractivity contribution in [2.75, 3.05) is 0 Å². The molecule has 0 saturated carbocycles. The first-order chi connectivity index (χ1) is 6.70. The van der Waals surface area contributed by atoms with Crippen LogP contribution < -0.4 is 10.6 Å². The minimum absolute atomic E-state index is 0.0110. The summed E-state index contributed by atoms with van der Waals surface area (Å²) in [6.07, 6.45) is 1.52. The van der Waals surface area contributed by atoms with Crippen LogP contribution in [-0.2, 0) is 9.59 Å². The zero-order valence-corrected chi connectivity index (χ0v) is 7.57. The highest BCUT2D eigenvalue weighted by atomic mass is 16.2. The molecule has 68 valence electrons. The maximum Gasteiger partial charge on any atom is 0.288 e. The van der Waals surface area contributed by atoms with Gasteiger partial charge in [-0.3, -0.25) is 4.79 Å². The number of aryl methyl sites for hydroxylation is 1. The van der Waals surface area contributed by atoms with Gasteiger partial charge in [-0.25, -0.2) is 9.79 Å². The van der Waals surface area contributed by atoms with Crippen LogP contribution in [0.1, 0.15) is 5.56 Å². The van der Waals surface area contributed by atoms with Crippen molar-refractivity contribution in [2.45, 2.75) is 6.92 Å². The van der Waals surface area contributed by atoms with Crippen molar-refractivity contribution in [1.29, 1.82) is 0 Å². The van der Waals surface area contributed by atoms with Gasteiger partial charge in [-0.2, -0.15) is 0 Å². The van der Waals surface area contributed by atoms with Crippen LogP contribution in [0.3, 0.4) is 0 Å². The van der Waals surface area contributed by atoms with E-state index in [1.54, 1.807) is 12.0 Å². The maximum absolute atomic E-state index is 11.2. The van der Waals surface area contributed by atoms with Crippen molar-refractivity contribution >= 4 is 17.9 Å². The van der Waals surface area contributed by atoms with E-state index in [-0.39, 0.29) is 5.57 Å². The van der Waals surface area contributed by atoms with Crippen LogP contribution >= 0.6 is 0 Å². The zero-order chi connectivity index (χ0) is 10.1. The number of benzene rings is 1. The molecule has 0 aromatic heterocycles. The second-order valence-corrected chi connectivity index (χ2v) is 3.14. The Hall–Kier alpha value is -1.99. The lowest BCUT2D eigenvalue weighted by molar-refractivity contribution is -0.114. The Morgan fingerprint density at radius 2 is 2.14 bits per heavy atom. The van der Waals surface area contributed by atoms with Gasteiger partial charge in [-0.1, -0.05) is 11.6 Å². The summed E-state index contributed by atoms with van der Waals surface area (Å²) in [5, 5.41) is 1.41. The van der Waals surface area contributed by atoms with Crippen LogP contribution in [0.5, 0.6) is 0 Å². The number of fused-ring (bicyclic) bond motifs is 1. The normalized spacial score (nSPS) is 13.8. The average molecular weight is 185 g/mol. The van der Waals surface area contributed by atoms with Gasteiger partial charge in [0.25, 0.3) is 5.91 Å². The number of rotatable bonds is 0. The molecule has 0 atom stereocenters. The maximum atomic E-state index is 11.2. The van der Waals surface area contributed by atoms with Gasteiger partial charge in [0, 0.05) is 5.22 Å². The summed E-state index contributed by atoms with van der Waals surface area (Å²) in [5.41, 5.74) is 1.05. The third-order valence-electron chi connectivity index (χ3n) is 2.05. The van der Waals surface area contributed by atoms with Gasteiger partial charge in [-0.05, 0) is 25.1 Å². The standard InChI is InChI=1S/C11H7NO2/c1-7-2-3-10-8(4-7)5-9(6-13)11(14)12-10/h2-5H,1H3. The molecule has 0 radical (unpaired) electrons. The molecule has 0 spiro atoms. The summed E-state index contributed by atoms with van der Waals surface area (Å²) in [6, 6.07) is 5.52. The molecule has 1 heterocycles. The molecule has 0 bridgehead atoms. The quantitative estimate of drug-likeness (QED) is 0.411. The Kier molecular flexibility index (Phi) is 1.88. The first-order valence-corrected chi connectivity index (χ1v) is 4.17. The lowest BCUT2D eigenvalue weighted by atomic mass is 10.1. The summed E-state index contributed by atoms with van der Waals surface area (Å²) in [6.45, 7) is 1.94. The molecule has 0 unspecified atom stereocenters. The predicted molar refractivity (Wildman–Crippen MR) is 50.6 cm³/mol. The molecule has 1 amide bonds. The molecule has 3 nitrogen and oxygen atoms in total. The summed E-state index contributed by atoms with van der Waals surface area (Å²) < 4.78 is 0. The molecular weight excluding hydrogens is 178 g/mol. The van der Waals surface area contributed by atoms with E-state index in [1.807, 2.05) is 19.1 Å². The Labute approximate surface area is 80.1 Å². The molecule has 1 aromatic rings. The van der Waals surface area contributed by atoms with Crippen LogP contribution in [0.15, 0.2) is 28.8 Å². The smallest absolute Gasteiger partial charge is 0.266 e. The van der Waals surface area contributed by atoms with Crippen LogP contribution in [0.25, 0.3) is 6.08 Å². The highest BCUT2D eigenvalue weighted by Crippen LogP contribution is 1.97. The summed E-state index contributed by atoms with van der Waals surface area (Å²) in [5.74, 6) is 1.06. The molecule has 1 aliphatic rings. The molecule has 1 aliphatic heterocycles. The summed E-state index contributed by atoms with van der Waals surface area (Å²) >= 11 is 0. The van der Waals surface area contributed by atoms with Crippen molar-refractivity contribution in [3.05, 3.63) is 39.9 Å². The molecule has 1 aromatic carbocycles. The predicted octanol–water partition coefficient (Wildman–Crippen LogP) is -0.307. The first-order valence-electron chi connectivity index (χ1n) is 4.17. The number of carbonyl (C=O) groups is 1. The molecule has 2 rings (SSSR count). The van der Waals surface area contributed by atoms with Crippen molar-refractivity contribution < 1.29 is 9.59 Å². The van der Waals surface area contributed by atoms with Gasteiger partial charge in [0.1, 0.15) is 11.5 Å². The number of carbonyl (C=O) groups excluding carboxylic acids is 2. The third-order valence-corrected chi connectivity index (χ3v) is 2.05. The first kappa shape index (κ1) is 8.60. The highest BCUT2D eigenvalue weighted by molar-refractivity contribution is 6.09. The van der Waals surface area contributed by atoms with E-state index in [0.29, 0.717) is 5.36 Å². The molecule has 0 fully saturated rings. The van der Waals surface area contributed by atoms with Gasteiger partial charge in [-0.15, -0.1) is 0 Å². The van der Waals surface area contributed by atoms with Gasteiger partial charge >= 0.3 is 0 Å². The topological polar surface area (TPSA) is 46.5 Å². The van der Waals surface area contributed by atoms with E-state index in [0.717, 1.165) is 10.8 Å². The Balaban J connectivity index is 2.87. The van der Waals surface area contributed by atoms with Crippen molar-refractivity contribution in [3.63, 3.8) is 0 Å². The molecule has 14 heavy (non-hydrogen) atoms. The largest absolute Gasteiger partial charge is 0.288 e. The van der Waals surface area contributed by atoms with E-state index < -0.39 is 5.91 Å². The van der Waals surface area contributed by atoms with Gasteiger partial charge in [0.2, 0.25) is 0 Å². The lowest BCUT2D eigenvalue weighted by Gasteiger charge is -1.99. The van der Waals surface area contributed by atoms with E-state index in [9.17, 15) is 9.59 Å². The second kappa shape index (κ2) is 3.05. The third kappa shape index (κ3) is 1.30. The van der Waals surface area contributed by atoms with E-state index in [1.165, 1.54) is 6.08 Å². The number of hydrogen-bond donors (Lipinski definition) is 0. The van der Waals surface area contributed by atoms with Crippen molar-refractivity contribution in [3.8, 4) is 0 Å². The highest BCUT2D eigenvalue weighted by Gasteiger charge is 2.10. The van der Waals surface area contributed by atoms with Crippen LogP contribution in [0.4, 0.5) is 0 Å². The Bertz CT molecular complexity index is 578. The fourth-order valence-corrected chi connectivity index (χ4v) is 1.35. The van der Waals surface area contributed by atoms with Crippen LogP contribution in [0.2, 0.25) is 0 Å². The van der Waals surface area contributed by atoms with Crippen LogP contribution in [-0.4, -0.2) is 11.8 Å². The van der Waals surface area contributed by atoms with Gasteiger partial charge in [0.15, 0.2) is 0 Å². The van der Waals surface area contributed by atoms with E-state index >= 15 is 0 Å². The average Bonchev–Trinajstić information content (AvgIpc) is 2.17. The summed E-state index contributed by atoms with van der Waals surface area (Å²) in [7, 11) is 0. The monoisotopic (exact) mass is 185 g/mol. The molecular formula is C11H7NO2. The minimum Gasteiger partial charge on any atom is -0.266 e. The van der Waals surface area contributed by atoms with E-state index in [2.05, 4.69) is 4.99 Å². The van der Waals surface area contributed by atoms with E-state index in [4.69, 9.17) is 0 Å². The number of hydrogen-bond acceptors (Lipinski definition) is 2. The van der Waals surface area contributed by atoms with Crippen LogP contribution in [0, 0.1) is 6.92 Å². The molecule has 0 N–H and O–H groups in total. The number of nitrogens with zero attached hydrogens (tertiary/aromatic N) is 1. The molecule has 3 heteroatoms. The zero-order valence-electron chi connectivity index (χ0n) is 7.57. The fraction of sp³-hybridized carbons (Fsp3) is 0.0909. The Morgan fingerprint density at radius 1 is 1.36 bits per heavy atom. The lowest BCUT2D eigenvalue weighted by Crippen LogP contribution is -2.30. The SMILES string of the molecule is Cc1ccc2c(c1)=CC(=C=O)C(=O)N=2. The Morgan fingerprint density at radius 3 is 2.86 bits per heavy atom. The number of amides is 1. The minimum atomic E-state index is -0.517. The van der Waals surface area contributed by atoms with Gasteiger partial charge < -0.3 is 0 Å². The fourth-order valence-electron chi connectivity index (χ4n) is 1.35. The van der Waals surface area contributed by atoms with Crippen molar-refractivity contribution in [2.24, 2.45) is 4.99 Å². The molecule has 0 saturated heterocycles. The van der Waals surface area contributed by atoms with Gasteiger partial charge in [0.05, 0.1) is 5.36 Å².